The number of aromatic nitrogens is 2. The van der Waals surface area contributed by atoms with Crippen LogP contribution in [-0.4, -0.2) is 36.9 Å². The fraction of sp³-hybridized carbons (Fsp3) is 0.308. The van der Waals surface area contributed by atoms with Crippen molar-refractivity contribution in [2.45, 2.75) is 6.04 Å². The predicted octanol–water partition coefficient (Wildman–Crippen LogP) is 1.57. The minimum Gasteiger partial charge on any atom is -0.477 e. The average molecular weight is 293 g/mol. The first-order valence-electron chi connectivity index (χ1n) is 6.15. The Hall–Kier alpha value is -2.64. The molecule has 1 fully saturated rings. The van der Waals surface area contributed by atoms with Gasteiger partial charge in [-0.15, -0.1) is 0 Å². The molecular weight excluding hydrogens is 281 g/mol. The number of cyclic esters (lactones) is 1. The van der Waals surface area contributed by atoms with E-state index in [2.05, 4.69) is 15.3 Å². The van der Waals surface area contributed by atoms with E-state index >= 15 is 0 Å². The number of nitrogens with zero attached hydrogens (tertiary/aromatic N) is 2. The molecule has 1 unspecified atom stereocenters. The van der Waals surface area contributed by atoms with E-state index in [-0.39, 0.29) is 23.9 Å². The third-order valence-corrected chi connectivity index (χ3v) is 3.17. The minimum atomic E-state index is -0.617. The summed E-state index contributed by atoms with van der Waals surface area (Å²) in [5, 5.41) is 2.53. The number of rotatable bonds is 3. The molecule has 1 N–H and O–H groups in total. The van der Waals surface area contributed by atoms with Gasteiger partial charge in [0.1, 0.15) is 17.9 Å². The SMILES string of the molecule is COc1nc2ccc(F)c(C3COC(=O)N3)c2nc1OC. The largest absolute Gasteiger partial charge is 0.477 e. The van der Waals surface area contributed by atoms with Crippen LogP contribution in [0.25, 0.3) is 11.0 Å². The van der Waals surface area contributed by atoms with Crippen LogP contribution in [0, 0.1) is 5.82 Å². The Labute approximate surface area is 119 Å². The molecule has 2 aromatic rings. The second-order valence-electron chi connectivity index (χ2n) is 4.37. The molecule has 1 aliphatic heterocycles. The van der Waals surface area contributed by atoms with E-state index in [9.17, 15) is 9.18 Å². The van der Waals surface area contributed by atoms with Crippen molar-refractivity contribution in [3.8, 4) is 11.8 Å². The molecule has 1 atom stereocenters. The van der Waals surface area contributed by atoms with E-state index in [1.165, 1.54) is 26.4 Å². The maximum Gasteiger partial charge on any atom is 0.407 e. The number of methoxy groups -OCH3 is 2. The summed E-state index contributed by atoms with van der Waals surface area (Å²) in [7, 11) is 2.85. The maximum atomic E-state index is 14.2. The lowest BCUT2D eigenvalue weighted by atomic mass is 10.1. The quantitative estimate of drug-likeness (QED) is 0.925. The molecule has 1 aromatic carbocycles. The van der Waals surface area contributed by atoms with Crippen molar-refractivity contribution in [2.24, 2.45) is 0 Å². The maximum absolute atomic E-state index is 14.2. The van der Waals surface area contributed by atoms with Crippen molar-refractivity contribution in [1.82, 2.24) is 15.3 Å². The molecule has 1 saturated heterocycles. The summed E-state index contributed by atoms with van der Waals surface area (Å²) in [6, 6.07) is 2.14. The summed E-state index contributed by atoms with van der Waals surface area (Å²) in [6.45, 7) is 0.0326. The second kappa shape index (κ2) is 5.04. The Kier molecular flexibility index (Phi) is 3.20. The predicted molar refractivity (Wildman–Crippen MR) is 69.8 cm³/mol. The number of amides is 1. The third kappa shape index (κ3) is 2.18. The second-order valence-corrected chi connectivity index (χ2v) is 4.37. The van der Waals surface area contributed by atoms with E-state index in [0.29, 0.717) is 11.0 Å². The van der Waals surface area contributed by atoms with Crippen molar-refractivity contribution in [3.63, 3.8) is 0 Å². The summed E-state index contributed by atoms with van der Waals surface area (Å²) in [4.78, 5) is 19.6. The molecule has 0 radical (unpaired) electrons. The van der Waals surface area contributed by atoms with Gasteiger partial charge in [0.25, 0.3) is 11.8 Å². The van der Waals surface area contributed by atoms with Gasteiger partial charge < -0.3 is 19.5 Å². The average Bonchev–Trinajstić information content (AvgIpc) is 2.91. The molecule has 1 amide bonds. The van der Waals surface area contributed by atoms with Gasteiger partial charge in [-0.1, -0.05) is 0 Å². The van der Waals surface area contributed by atoms with Crippen molar-refractivity contribution in [3.05, 3.63) is 23.5 Å². The van der Waals surface area contributed by atoms with Crippen LogP contribution in [0.3, 0.4) is 0 Å². The van der Waals surface area contributed by atoms with Gasteiger partial charge in [0.05, 0.1) is 25.8 Å². The van der Waals surface area contributed by atoms with Gasteiger partial charge in [-0.2, -0.15) is 0 Å². The van der Waals surface area contributed by atoms with Gasteiger partial charge in [-0.05, 0) is 12.1 Å². The molecule has 0 aliphatic carbocycles. The first-order chi connectivity index (χ1) is 10.1. The number of alkyl carbamates (subject to hydrolysis) is 1. The van der Waals surface area contributed by atoms with E-state index in [1.807, 2.05) is 0 Å². The van der Waals surface area contributed by atoms with Gasteiger partial charge in [0.2, 0.25) is 0 Å². The molecule has 3 rings (SSSR count). The van der Waals surface area contributed by atoms with Crippen molar-refractivity contribution < 1.29 is 23.4 Å². The zero-order valence-corrected chi connectivity index (χ0v) is 11.3. The van der Waals surface area contributed by atoms with Gasteiger partial charge >= 0.3 is 6.09 Å². The fourth-order valence-electron chi connectivity index (χ4n) is 2.22. The number of halogens is 1. The Bertz CT molecular complexity index is 722. The zero-order valence-electron chi connectivity index (χ0n) is 11.3. The number of hydrogen-bond acceptors (Lipinski definition) is 6. The molecule has 0 spiro atoms. The van der Waals surface area contributed by atoms with Crippen LogP contribution in [0.15, 0.2) is 12.1 Å². The third-order valence-electron chi connectivity index (χ3n) is 3.17. The monoisotopic (exact) mass is 293 g/mol. The zero-order chi connectivity index (χ0) is 15.0. The lowest BCUT2D eigenvalue weighted by molar-refractivity contribution is 0.177. The van der Waals surface area contributed by atoms with Crippen molar-refractivity contribution >= 4 is 17.1 Å². The lowest BCUT2D eigenvalue weighted by Crippen LogP contribution is -2.20. The van der Waals surface area contributed by atoms with Crippen LogP contribution in [-0.2, 0) is 4.74 Å². The highest BCUT2D eigenvalue weighted by atomic mass is 19.1. The van der Waals surface area contributed by atoms with Crippen LogP contribution in [0.5, 0.6) is 11.8 Å². The van der Waals surface area contributed by atoms with Crippen LogP contribution < -0.4 is 14.8 Å². The van der Waals surface area contributed by atoms with Gasteiger partial charge in [0.15, 0.2) is 0 Å². The van der Waals surface area contributed by atoms with E-state index in [1.54, 1.807) is 0 Å². The smallest absolute Gasteiger partial charge is 0.407 e. The molecule has 1 aliphatic rings. The number of benzene rings is 1. The molecule has 7 nitrogen and oxygen atoms in total. The van der Waals surface area contributed by atoms with Crippen LogP contribution in [0.2, 0.25) is 0 Å². The number of nitrogens with one attached hydrogen (secondary N) is 1. The number of carbonyl (C=O) groups is 1. The van der Waals surface area contributed by atoms with E-state index in [4.69, 9.17) is 14.2 Å². The van der Waals surface area contributed by atoms with Crippen molar-refractivity contribution in [2.75, 3.05) is 20.8 Å². The first-order valence-corrected chi connectivity index (χ1v) is 6.15. The fourth-order valence-corrected chi connectivity index (χ4v) is 2.22. The molecule has 0 saturated carbocycles. The Morgan fingerprint density at radius 3 is 2.62 bits per heavy atom. The topological polar surface area (TPSA) is 82.6 Å². The van der Waals surface area contributed by atoms with E-state index in [0.717, 1.165) is 0 Å². The highest BCUT2D eigenvalue weighted by molar-refractivity contribution is 5.81. The summed E-state index contributed by atoms with van der Waals surface area (Å²) in [5.41, 5.74) is 0.945. The Morgan fingerprint density at radius 1 is 1.29 bits per heavy atom. The first kappa shape index (κ1) is 13.3. The molecule has 110 valence electrons. The standard InChI is InChI=1S/C13H12FN3O4/c1-19-11-12(20-2)17-10-7(15-11)4-3-6(14)9(10)8-5-21-13(18)16-8/h3-4,8H,5H2,1-2H3,(H,16,18). The highest BCUT2D eigenvalue weighted by Gasteiger charge is 2.29. The molecule has 8 heteroatoms. The van der Waals surface area contributed by atoms with Crippen LogP contribution in [0.1, 0.15) is 11.6 Å². The highest BCUT2D eigenvalue weighted by Crippen LogP contribution is 2.32. The number of fused-ring (bicyclic) bond motifs is 1. The normalized spacial score (nSPS) is 17.5. The van der Waals surface area contributed by atoms with Crippen molar-refractivity contribution in [1.29, 1.82) is 0 Å². The van der Waals surface area contributed by atoms with Gasteiger partial charge in [-0.3, -0.25) is 0 Å². The summed E-state index contributed by atoms with van der Waals surface area (Å²) < 4.78 is 29.1. The summed E-state index contributed by atoms with van der Waals surface area (Å²) in [5.74, 6) is -0.156. The Balaban J connectivity index is 2.22. The number of hydrogen-bond donors (Lipinski definition) is 1. The molecular formula is C13H12FN3O4. The van der Waals surface area contributed by atoms with Gasteiger partial charge in [0, 0.05) is 5.56 Å². The summed E-state index contributed by atoms with van der Waals surface area (Å²) in [6.07, 6.45) is -0.593. The number of ether oxygens (including phenoxy) is 3. The van der Waals surface area contributed by atoms with Crippen LogP contribution >= 0.6 is 0 Å². The number of carbonyl (C=O) groups excluding carboxylic acids is 1. The summed E-state index contributed by atoms with van der Waals surface area (Å²) >= 11 is 0. The molecule has 21 heavy (non-hydrogen) atoms. The van der Waals surface area contributed by atoms with Gasteiger partial charge in [-0.25, -0.2) is 19.2 Å². The Morgan fingerprint density at radius 2 is 2.00 bits per heavy atom. The molecule has 1 aromatic heterocycles. The molecule has 2 heterocycles. The molecule has 0 bridgehead atoms. The lowest BCUT2D eigenvalue weighted by Gasteiger charge is -2.13. The van der Waals surface area contributed by atoms with Crippen LogP contribution in [0.4, 0.5) is 9.18 Å². The van der Waals surface area contributed by atoms with E-state index < -0.39 is 18.0 Å². The minimum absolute atomic E-state index is 0.0326.